The van der Waals surface area contributed by atoms with E-state index in [2.05, 4.69) is 10.6 Å². The van der Waals surface area contributed by atoms with Crippen LogP contribution in [-0.4, -0.2) is 25.0 Å². The molecule has 0 aromatic heterocycles. The topological polar surface area (TPSA) is 41.1 Å². The van der Waals surface area contributed by atoms with Gasteiger partial charge in [0, 0.05) is 11.6 Å². The summed E-state index contributed by atoms with van der Waals surface area (Å²) in [7, 11) is 0. The molecule has 1 saturated carbocycles. The molecule has 1 heterocycles. The van der Waals surface area contributed by atoms with Crippen molar-refractivity contribution >= 4 is 18.3 Å². The molecular weight excluding hydrogens is 315 g/mol. The molecule has 0 unspecified atom stereocenters. The van der Waals surface area contributed by atoms with E-state index in [1.54, 1.807) is 12.1 Å². The standard InChI is InChI=1S/C18H25FN2O.ClH/c19-17-7-6-14(12-16(17)13-8-10-20-11-9-13)18(22)21-15-4-2-1-3-5-15;/h6-7,12-13,15,20H,1-5,8-11H2,(H,21,22);1H. The lowest BCUT2D eigenvalue weighted by molar-refractivity contribution is 0.0927. The SMILES string of the molecule is Cl.O=C(NC1CCCCC1)c1ccc(F)c(C2CCNCC2)c1. The second kappa shape index (κ2) is 8.65. The Bertz CT molecular complexity index is 526. The zero-order valence-electron chi connectivity index (χ0n) is 13.4. The summed E-state index contributed by atoms with van der Waals surface area (Å²) < 4.78 is 14.1. The summed E-state index contributed by atoms with van der Waals surface area (Å²) in [5.41, 5.74) is 1.30. The Morgan fingerprint density at radius 3 is 2.48 bits per heavy atom. The fraction of sp³-hybridized carbons (Fsp3) is 0.611. The number of benzene rings is 1. The van der Waals surface area contributed by atoms with Crippen LogP contribution in [0.5, 0.6) is 0 Å². The molecule has 2 N–H and O–H groups in total. The lowest BCUT2D eigenvalue weighted by Gasteiger charge is -2.25. The van der Waals surface area contributed by atoms with Gasteiger partial charge in [0.05, 0.1) is 0 Å². The quantitative estimate of drug-likeness (QED) is 0.879. The zero-order chi connectivity index (χ0) is 15.4. The molecule has 1 aromatic rings. The highest BCUT2D eigenvalue weighted by Gasteiger charge is 2.21. The Kier molecular flexibility index (Phi) is 6.85. The van der Waals surface area contributed by atoms with Gasteiger partial charge in [-0.1, -0.05) is 19.3 Å². The largest absolute Gasteiger partial charge is 0.349 e. The molecule has 1 aliphatic carbocycles. The first-order valence-corrected chi connectivity index (χ1v) is 8.55. The van der Waals surface area contributed by atoms with E-state index in [4.69, 9.17) is 0 Å². The van der Waals surface area contributed by atoms with E-state index in [-0.39, 0.29) is 36.1 Å². The van der Waals surface area contributed by atoms with Crippen LogP contribution in [0.3, 0.4) is 0 Å². The first kappa shape index (κ1) is 18.2. The number of nitrogens with one attached hydrogen (secondary N) is 2. The zero-order valence-corrected chi connectivity index (χ0v) is 14.3. The number of carbonyl (C=O) groups excluding carboxylic acids is 1. The van der Waals surface area contributed by atoms with Crippen LogP contribution in [0, 0.1) is 5.82 Å². The minimum Gasteiger partial charge on any atom is -0.349 e. The molecule has 1 saturated heterocycles. The van der Waals surface area contributed by atoms with Crippen molar-refractivity contribution in [1.29, 1.82) is 0 Å². The second-order valence-corrected chi connectivity index (χ2v) is 6.57. The number of hydrogen-bond acceptors (Lipinski definition) is 2. The number of halogens is 2. The molecule has 1 aromatic carbocycles. The molecule has 1 amide bonds. The number of carbonyl (C=O) groups is 1. The Labute approximate surface area is 143 Å². The number of rotatable bonds is 3. The molecule has 0 radical (unpaired) electrons. The summed E-state index contributed by atoms with van der Waals surface area (Å²) in [5, 5.41) is 6.40. The van der Waals surface area contributed by atoms with Crippen molar-refractivity contribution in [3.8, 4) is 0 Å². The summed E-state index contributed by atoms with van der Waals surface area (Å²) in [6.45, 7) is 1.84. The van der Waals surface area contributed by atoms with E-state index in [0.29, 0.717) is 11.1 Å². The molecule has 23 heavy (non-hydrogen) atoms. The van der Waals surface area contributed by atoms with Gasteiger partial charge in [-0.25, -0.2) is 4.39 Å². The van der Waals surface area contributed by atoms with Crippen LogP contribution in [-0.2, 0) is 0 Å². The highest BCUT2D eigenvalue weighted by molar-refractivity contribution is 5.94. The van der Waals surface area contributed by atoms with Crippen molar-refractivity contribution in [2.24, 2.45) is 0 Å². The van der Waals surface area contributed by atoms with Gasteiger partial charge in [-0.15, -0.1) is 12.4 Å². The molecule has 2 aliphatic rings. The second-order valence-electron chi connectivity index (χ2n) is 6.57. The maximum absolute atomic E-state index is 14.1. The van der Waals surface area contributed by atoms with Gasteiger partial charge < -0.3 is 10.6 Å². The van der Waals surface area contributed by atoms with Crippen LogP contribution in [0.1, 0.15) is 66.8 Å². The number of amides is 1. The van der Waals surface area contributed by atoms with E-state index in [9.17, 15) is 9.18 Å². The predicted octanol–water partition coefficient (Wildman–Crippen LogP) is 3.78. The summed E-state index contributed by atoms with van der Waals surface area (Å²) in [6.07, 6.45) is 7.64. The Balaban J connectivity index is 0.00000192. The smallest absolute Gasteiger partial charge is 0.251 e. The van der Waals surface area contributed by atoms with Gasteiger partial charge in [0.25, 0.3) is 5.91 Å². The van der Waals surface area contributed by atoms with Gasteiger partial charge in [-0.3, -0.25) is 4.79 Å². The monoisotopic (exact) mass is 340 g/mol. The van der Waals surface area contributed by atoms with Crippen molar-refractivity contribution in [2.75, 3.05) is 13.1 Å². The lowest BCUT2D eigenvalue weighted by atomic mass is 9.88. The van der Waals surface area contributed by atoms with Crippen molar-refractivity contribution in [3.05, 3.63) is 35.1 Å². The molecule has 0 spiro atoms. The fourth-order valence-electron chi connectivity index (χ4n) is 3.65. The molecule has 3 nitrogen and oxygen atoms in total. The summed E-state index contributed by atoms with van der Waals surface area (Å²) in [4.78, 5) is 12.4. The number of piperidine rings is 1. The van der Waals surface area contributed by atoms with Crippen LogP contribution in [0.2, 0.25) is 0 Å². The molecule has 3 rings (SSSR count). The van der Waals surface area contributed by atoms with E-state index < -0.39 is 0 Å². The van der Waals surface area contributed by atoms with Gasteiger partial charge in [0.15, 0.2) is 0 Å². The van der Waals surface area contributed by atoms with Crippen LogP contribution in [0.4, 0.5) is 4.39 Å². The first-order valence-electron chi connectivity index (χ1n) is 8.55. The predicted molar refractivity (Wildman–Crippen MR) is 92.8 cm³/mol. The van der Waals surface area contributed by atoms with Gasteiger partial charge >= 0.3 is 0 Å². The van der Waals surface area contributed by atoms with Gasteiger partial charge in [-0.2, -0.15) is 0 Å². The highest BCUT2D eigenvalue weighted by Crippen LogP contribution is 2.28. The molecule has 5 heteroatoms. The third-order valence-electron chi connectivity index (χ3n) is 4.98. The van der Waals surface area contributed by atoms with Gasteiger partial charge in [-0.05, 0) is 68.5 Å². The Hall–Kier alpha value is -1.13. The molecule has 1 aliphatic heterocycles. The van der Waals surface area contributed by atoms with E-state index in [1.165, 1.54) is 25.3 Å². The van der Waals surface area contributed by atoms with Crippen molar-refractivity contribution < 1.29 is 9.18 Å². The summed E-state index contributed by atoms with van der Waals surface area (Å²) in [5.74, 6) is -0.00752. The molecular formula is C18H26ClFN2O. The van der Waals surface area contributed by atoms with Crippen molar-refractivity contribution in [1.82, 2.24) is 10.6 Å². The van der Waals surface area contributed by atoms with Crippen LogP contribution in [0.15, 0.2) is 18.2 Å². The van der Waals surface area contributed by atoms with Gasteiger partial charge in [0.1, 0.15) is 5.82 Å². The van der Waals surface area contributed by atoms with Crippen LogP contribution in [0.25, 0.3) is 0 Å². The van der Waals surface area contributed by atoms with Gasteiger partial charge in [0.2, 0.25) is 0 Å². The molecule has 0 bridgehead atoms. The van der Waals surface area contributed by atoms with E-state index in [0.717, 1.165) is 38.8 Å². The van der Waals surface area contributed by atoms with Crippen LogP contribution >= 0.6 is 12.4 Å². The average Bonchev–Trinajstić information content (AvgIpc) is 2.57. The Morgan fingerprint density at radius 2 is 1.78 bits per heavy atom. The third kappa shape index (κ3) is 4.67. The first-order chi connectivity index (χ1) is 10.7. The lowest BCUT2D eigenvalue weighted by Crippen LogP contribution is -2.36. The van der Waals surface area contributed by atoms with Crippen molar-refractivity contribution in [3.63, 3.8) is 0 Å². The van der Waals surface area contributed by atoms with E-state index >= 15 is 0 Å². The minimum absolute atomic E-state index is 0. The average molecular weight is 341 g/mol. The summed E-state index contributed by atoms with van der Waals surface area (Å²) >= 11 is 0. The molecule has 128 valence electrons. The normalized spacial score (nSPS) is 19.9. The third-order valence-corrected chi connectivity index (χ3v) is 4.98. The molecule has 2 fully saturated rings. The maximum atomic E-state index is 14.1. The molecule has 0 atom stereocenters. The summed E-state index contributed by atoms with van der Waals surface area (Å²) in [6, 6.07) is 5.11. The maximum Gasteiger partial charge on any atom is 0.251 e. The highest BCUT2D eigenvalue weighted by atomic mass is 35.5. The fourth-order valence-corrected chi connectivity index (χ4v) is 3.65. The number of hydrogen-bond donors (Lipinski definition) is 2. The van der Waals surface area contributed by atoms with Crippen LogP contribution < -0.4 is 10.6 Å². The Morgan fingerprint density at radius 1 is 1.09 bits per heavy atom. The minimum atomic E-state index is -0.180. The van der Waals surface area contributed by atoms with Crippen molar-refractivity contribution in [2.45, 2.75) is 56.9 Å². The van der Waals surface area contributed by atoms with E-state index in [1.807, 2.05) is 0 Å².